The molecular formula is C5H12OS2. The summed E-state index contributed by atoms with van der Waals surface area (Å²) in [6.45, 7) is 6.86. The van der Waals surface area contributed by atoms with Crippen molar-refractivity contribution < 1.29 is 4.18 Å². The van der Waals surface area contributed by atoms with Crippen LogP contribution in [-0.2, 0) is 25.1 Å². The summed E-state index contributed by atoms with van der Waals surface area (Å²) in [5, 5.41) is 0.491. The van der Waals surface area contributed by atoms with Crippen LogP contribution in [-0.4, -0.2) is 11.9 Å². The van der Waals surface area contributed by atoms with Gasteiger partial charge in [0.2, 0.25) is 0 Å². The zero-order chi connectivity index (χ0) is 6.57. The van der Waals surface area contributed by atoms with Crippen molar-refractivity contribution in [1.29, 1.82) is 0 Å². The first-order chi connectivity index (χ1) is 3.68. The van der Waals surface area contributed by atoms with Gasteiger partial charge in [-0.15, -0.1) is 0 Å². The Balaban J connectivity index is 3.33. The van der Waals surface area contributed by atoms with Crippen LogP contribution < -0.4 is 0 Å². The molecule has 0 fully saturated rings. The summed E-state index contributed by atoms with van der Waals surface area (Å²) in [5.41, 5.74) is 0. The second kappa shape index (κ2) is 4.41. The smallest absolute Gasteiger partial charge is 0.0588 e. The lowest BCUT2D eigenvalue weighted by atomic mass is 10.6. The third-order valence-corrected chi connectivity index (χ3v) is 3.30. The maximum atomic E-state index is 5.15. The Morgan fingerprint density at radius 2 is 2.12 bits per heavy atom. The first kappa shape index (κ1) is 8.53. The van der Waals surface area contributed by atoms with E-state index in [-0.39, 0.29) is 9.74 Å². The Morgan fingerprint density at radius 3 is 2.25 bits per heavy atom. The van der Waals surface area contributed by atoms with Gasteiger partial charge in [-0.1, -0.05) is 13.8 Å². The second-order valence-electron chi connectivity index (χ2n) is 1.72. The van der Waals surface area contributed by atoms with Crippen molar-refractivity contribution in [1.82, 2.24) is 0 Å². The van der Waals surface area contributed by atoms with Crippen LogP contribution in [0.25, 0.3) is 0 Å². The van der Waals surface area contributed by atoms with Crippen molar-refractivity contribution >= 4 is 20.9 Å². The lowest BCUT2D eigenvalue weighted by Gasteiger charge is -2.05. The Bertz CT molecular complexity index is 80.5. The van der Waals surface area contributed by atoms with Crippen LogP contribution >= 0.6 is 0 Å². The van der Waals surface area contributed by atoms with Crippen LogP contribution in [0.15, 0.2) is 0 Å². The SMILES string of the molecule is CCOS(=S)C(C)C. The van der Waals surface area contributed by atoms with Gasteiger partial charge in [0, 0.05) is 15.0 Å². The molecule has 0 saturated heterocycles. The van der Waals surface area contributed by atoms with E-state index in [1.54, 1.807) is 0 Å². The van der Waals surface area contributed by atoms with Crippen LogP contribution in [0.2, 0.25) is 0 Å². The lowest BCUT2D eigenvalue weighted by Crippen LogP contribution is -2.07. The Labute approximate surface area is 58.2 Å². The third kappa shape index (κ3) is 3.52. The molecule has 0 amide bonds. The van der Waals surface area contributed by atoms with Crippen molar-refractivity contribution in [3.8, 4) is 0 Å². The van der Waals surface area contributed by atoms with Gasteiger partial charge in [-0.25, -0.2) is 0 Å². The molecular weight excluding hydrogens is 140 g/mol. The molecule has 0 aromatic rings. The summed E-state index contributed by atoms with van der Waals surface area (Å²) in [6, 6.07) is 0. The van der Waals surface area contributed by atoms with Gasteiger partial charge < -0.3 is 4.18 Å². The van der Waals surface area contributed by atoms with Gasteiger partial charge in [-0.05, 0) is 18.1 Å². The highest BCUT2D eigenvalue weighted by atomic mass is 32.8. The van der Waals surface area contributed by atoms with Crippen LogP contribution in [0.4, 0.5) is 0 Å². The van der Waals surface area contributed by atoms with E-state index in [2.05, 4.69) is 13.8 Å². The van der Waals surface area contributed by atoms with E-state index >= 15 is 0 Å². The van der Waals surface area contributed by atoms with Gasteiger partial charge in [0.15, 0.2) is 0 Å². The molecule has 0 aromatic carbocycles. The average Bonchev–Trinajstić information content (AvgIpc) is 1.67. The fourth-order valence-corrected chi connectivity index (χ4v) is 1.05. The van der Waals surface area contributed by atoms with Gasteiger partial charge in [0.05, 0.1) is 6.61 Å². The molecule has 0 aliphatic heterocycles. The summed E-state index contributed by atoms with van der Waals surface area (Å²) in [7, 11) is -0.238. The molecule has 0 aliphatic rings. The van der Waals surface area contributed by atoms with Crippen molar-refractivity contribution in [2.45, 2.75) is 26.0 Å². The molecule has 3 heteroatoms. The van der Waals surface area contributed by atoms with Crippen LogP contribution in [0, 0.1) is 0 Å². The fraction of sp³-hybridized carbons (Fsp3) is 1.00. The van der Waals surface area contributed by atoms with E-state index in [4.69, 9.17) is 15.4 Å². The number of hydrogen-bond donors (Lipinski definition) is 0. The summed E-state index contributed by atoms with van der Waals surface area (Å²) in [5.74, 6) is 0. The summed E-state index contributed by atoms with van der Waals surface area (Å²) in [6.07, 6.45) is 0. The molecule has 1 nitrogen and oxygen atoms in total. The predicted molar refractivity (Wildman–Crippen MR) is 41.5 cm³/mol. The highest BCUT2D eigenvalue weighted by Gasteiger charge is 1.97. The molecule has 0 bridgehead atoms. The van der Waals surface area contributed by atoms with Crippen LogP contribution in [0.5, 0.6) is 0 Å². The van der Waals surface area contributed by atoms with E-state index < -0.39 is 0 Å². The monoisotopic (exact) mass is 152 g/mol. The standard InChI is InChI=1S/C5H12OS2/c1-4-6-8(7)5(2)3/h5H,4H2,1-3H3. The topological polar surface area (TPSA) is 9.23 Å². The molecule has 0 rings (SSSR count). The number of rotatable bonds is 3. The van der Waals surface area contributed by atoms with Crippen molar-refractivity contribution in [3.05, 3.63) is 0 Å². The Morgan fingerprint density at radius 1 is 1.62 bits per heavy atom. The largest absolute Gasteiger partial charge is 0.312 e. The van der Waals surface area contributed by atoms with E-state index in [1.807, 2.05) is 6.92 Å². The molecule has 1 unspecified atom stereocenters. The summed E-state index contributed by atoms with van der Waals surface area (Å²) < 4.78 is 5.15. The molecule has 0 N–H and O–H groups in total. The van der Waals surface area contributed by atoms with Crippen LogP contribution in [0.1, 0.15) is 20.8 Å². The third-order valence-electron chi connectivity index (χ3n) is 0.619. The van der Waals surface area contributed by atoms with Gasteiger partial charge in [0.25, 0.3) is 0 Å². The van der Waals surface area contributed by atoms with Crippen LogP contribution in [0.3, 0.4) is 0 Å². The van der Waals surface area contributed by atoms with Crippen molar-refractivity contribution in [3.63, 3.8) is 0 Å². The van der Waals surface area contributed by atoms with Crippen molar-refractivity contribution in [2.24, 2.45) is 0 Å². The van der Waals surface area contributed by atoms with Gasteiger partial charge in [-0.3, -0.25) is 0 Å². The predicted octanol–water partition coefficient (Wildman–Crippen LogP) is 1.43. The first-order valence-electron chi connectivity index (χ1n) is 2.72. The van der Waals surface area contributed by atoms with E-state index in [9.17, 15) is 0 Å². The average molecular weight is 152 g/mol. The minimum absolute atomic E-state index is 0.238. The molecule has 0 radical (unpaired) electrons. The fourth-order valence-electron chi connectivity index (χ4n) is 0.252. The quantitative estimate of drug-likeness (QED) is 0.605. The maximum Gasteiger partial charge on any atom is 0.0588 e. The Hall–Kier alpha value is 0.530. The van der Waals surface area contributed by atoms with Crippen molar-refractivity contribution in [2.75, 3.05) is 6.61 Å². The zero-order valence-corrected chi connectivity index (χ0v) is 7.14. The molecule has 0 saturated carbocycles. The Kier molecular flexibility index (Phi) is 4.71. The lowest BCUT2D eigenvalue weighted by molar-refractivity contribution is 0.393. The molecule has 50 valence electrons. The van der Waals surface area contributed by atoms with Gasteiger partial charge >= 0.3 is 0 Å². The molecule has 0 aliphatic carbocycles. The van der Waals surface area contributed by atoms with Gasteiger partial charge in [0.1, 0.15) is 0 Å². The molecule has 8 heavy (non-hydrogen) atoms. The van der Waals surface area contributed by atoms with E-state index in [0.717, 1.165) is 6.61 Å². The molecule has 0 aromatic heterocycles. The minimum Gasteiger partial charge on any atom is -0.312 e. The minimum atomic E-state index is -0.238. The molecule has 0 heterocycles. The van der Waals surface area contributed by atoms with E-state index in [1.165, 1.54) is 0 Å². The number of hydrogen-bond acceptors (Lipinski definition) is 2. The molecule has 0 spiro atoms. The highest BCUT2D eigenvalue weighted by Crippen LogP contribution is 1.95. The zero-order valence-electron chi connectivity index (χ0n) is 5.51. The van der Waals surface area contributed by atoms with E-state index in [0.29, 0.717) is 5.25 Å². The maximum absolute atomic E-state index is 5.15. The highest BCUT2D eigenvalue weighted by molar-refractivity contribution is 8.26. The second-order valence-corrected chi connectivity index (χ2v) is 4.40. The summed E-state index contributed by atoms with van der Waals surface area (Å²) in [4.78, 5) is 0. The first-order valence-corrected chi connectivity index (χ1v) is 4.86. The normalized spacial score (nSPS) is 14.5. The summed E-state index contributed by atoms with van der Waals surface area (Å²) >= 11 is 4.97. The molecule has 1 atom stereocenters. The van der Waals surface area contributed by atoms with Gasteiger partial charge in [-0.2, -0.15) is 0 Å².